The third-order valence-corrected chi connectivity index (χ3v) is 4.49. The van der Waals surface area contributed by atoms with Gasteiger partial charge in [-0.05, 0) is 47.0 Å². The summed E-state index contributed by atoms with van der Waals surface area (Å²) >= 11 is 7.98. The Balaban J connectivity index is 1.84. The third kappa shape index (κ3) is 2.60. The fraction of sp³-hybridized carbons (Fsp3) is 0.125. The zero-order chi connectivity index (χ0) is 13.2. The van der Waals surface area contributed by atoms with Gasteiger partial charge in [0.15, 0.2) is 0 Å². The molecule has 0 aliphatic carbocycles. The third-order valence-electron chi connectivity index (χ3n) is 3.15. The Morgan fingerprint density at radius 1 is 1.16 bits per heavy atom. The van der Waals surface area contributed by atoms with Gasteiger partial charge in [0.05, 0.1) is 10.7 Å². The highest BCUT2D eigenvalue weighted by Crippen LogP contribution is 2.28. The van der Waals surface area contributed by atoms with Gasteiger partial charge in [-0.15, -0.1) is 11.3 Å². The second-order valence-electron chi connectivity index (χ2n) is 4.59. The fourth-order valence-electron chi connectivity index (χ4n) is 2.13. The van der Waals surface area contributed by atoms with E-state index in [4.69, 9.17) is 11.6 Å². The van der Waals surface area contributed by atoms with Crippen molar-refractivity contribution in [3.05, 3.63) is 64.0 Å². The van der Waals surface area contributed by atoms with Gasteiger partial charge in [-0.25, -0.2) is 0 Å². The van der Waals surface area contributed by atoms with Crippen molar-refractivity contribution in [2.45, 2.75) is 13.5 Å². The second kappa shape index (κ2) is 5.24. The van der Waals surface area contributed by atoms with E-state index >= 15 is 0 Å². The van der Waals surface area contributed by atoms with Crippen LogP contribution < -0.4 is 5.32 Å². The highest BCUT2D eigenvalue weighted by atomic mass is 35.5. The lowest BCUT2D eigenvalue weighted by molar-refractivity contribution is 1.17. The average molecular weight is 288 g/mol. The Morgan fingerprint density at radius 2 is 2.00 bits per heavy atom. The van der Waals surface area contributed by atoms with Crippen LogP contribution in [0.25, 0.3) is 10.1 Å². The molecule has 0 saturated carbocycles. The summed E-state index contributed by atoms with van der Waals surface area (Å²) < 4.78 is 1.33. The standard InChI is InChI=1S/C16H14ClNS/c1-11-6-7-14(17)15(8-11)18-9-12-10-19-16-5-3-2-4-13(12)16/h2-8,10,18H,9H2,1H3. The topological polar surface area (TPSA) is 12.0 Å². The van der Waals surface area contributed by atoms with E-state index in [2.05, 4.69) is 48.0 Å². The largest absolute Gasteiger partial charge is 0.380 e. The number of benzene rings is 2. The maximum atomic E-state index is 6.19. The predicted molar refractivity (Wildman–Crippen MR) is 85.3 cm³/mol. The molecule has 0 fully saturated rings. The number of fused-ring (bicyclic) bond motifs is 1. The van der Waals surface area contributed by atoms with Gasteiger partial charge in [-0.2, -0.15) is 0 Å². The molecule has 0 saturated heterocycles. The monoisotopic (exact) mass is 287 g/mol. The normalized spacial score (nSPS) is 10.8. The number of nitrogens with one attached hydrogen (secondary N) is 1. The van der Waals surface area contributed by atoms with Crippen LogP contribution in [0, 0.1) is 6.92 Å². The Morgan fingerprint density at radius 3 is 2.89 bits per heavy atom. The molecule has 0 atom stereocenters. The van der Waals surface area contributed by atoms with Crippen molar-refractivity contribution < 1.29 is 0 Å². The smallest absolute Gasteiger partial charge is 0.0637 e. The molecule has 3 aromatic rings. The molecule has 0 spiro atoms. The van der Waals surface area contributed by atoms with Gasteiger partial charge in [0, 0.05) is 11.2 Å². The molecule has 19 heavy (non-hydrogen) atoms. The molecule has 2 aromatic carbocycles. The zero-order valence-electron chi connectivity index (χ0n) is 10.6. The van der Waals surface area contributed by atoms with E-state index in [1.54, 1.807) is 11.3 Å². The summed E-state index contributed by atoms with van der Waals surface area (Å²) in [5, 5.41) is 7.72. The first-order valence-corrected chi connectivity index (χ1v) is 7.45. The van der Waals surface area contributed by atoms with E-state index in [1.807, 2.05) is 12.1 Å². The fourth-order valence-corrected chi connectivity index (χ4v) is 3.28. The number of hydrogen-bond donors (Lipinski definition) is 1. The number of halogens is 1. The van der Waals surface area contributed by atoms with Crippen LogP contribution in [-0.4, -0.2) is 0 Å². The molecule has 0 aliphatic rings. The molecule has 1 nitrogen and oxygen atoms in total. The molecule has 96 valence electrons. The first-order chi connectivity index (χ1) is 9.24. The van der Waals surface area contributed by atoms with E-state index in [0.717, 1.165) is 17.3 Å². The Kier molecular flexibility index (Phi) is 3.45. The van der Waals surface area contributed by atoms with Crippen molar-refractivity contribution in [2.75, 3.05) is 5.32 Å². The van der Waals surface area contributed by atoms with E-state index in [-0.39, 0.29) is 0 Å². The van der Waals surface area contributed by atoms with Crippen LogP contribution in [0.4, 0.5) is 5.69 Å². The van der Waals surface area contributed by atoms with E-state index in [9.17, 15) is 0 Å². The van der Waals surface area contributed by atoms with Crippen molar-refractivity contribution in [3.8, 4) is 0 Å². The van der Waals surface area contributed by atoms with Crippen LogP contribution in [0.1, 0.15) is 11.1 Å². The minimum absolute atomic E-state index is 0.769. The summed E-state index contributed by atoms with van der Waals surface area (Å²) in [6.45, 7) is 2.87. The van der Waals surface area contributed by atoms with Gasteiger partial charge < -0.3 is 5.32 Å². The maximum Gasteiger partial charge on any atom is 0.0637 e. The quantitative estimate of drug-likeness (QED) is 0.673. The Labute approximate surface area is 121 Å². The number of rotatable bonds is 3. The van der Waals surface area contributed by atoms with Crippen LogP contribution in [0.2, 0.25) is 5.02 Å². The van der Waals surface area contributed by atoms with Gasteiger partial charge in [0.25, 0.3) is 0 Å². The molecular weight excluding hydrogens is 274 g/mol. The van der Waals surface area contributed by atoms with Gasteiger partial charge in [-0.1, -0.05) is 35.9 Å². The maximum absolute atomic E-state index is 6.19. The van der Waals surface area contributed by atoms with Gasteiger partial charge in [-0.3, -0.25) is 0 Å². The van der Waals surface area contributed by atoms with E-state index < -0.39 is 0 Å². The van der Waals surface area contributed by atoms with E-state index in [0.29, 0.717) is 0 Å². The van der Waals surface area contributed by atoms with Crippen molar-refractivity contribution in [1.29, 1.82) is 0 Å². The minimum atomic E-state index is 0.769. The summed E-state index contributed by atoms with van der Waals surface area (Å²) in [6.07, 6.45) is 0. The molecule has 3 heteroatoms. The SMILES string of the molecule is Cc1ccc(Cl)c(NCc2csc3ccccc23)c1. The van der Waals surface area contributed by atoms with Crippen molar-refractivity contribution >= 4 is 38.7 Å². The Bertz CT molecular complexity index is 718. The lowest BCUT2D eigenvalue weighted by Gasteiger charge is -2.08. The zero-order valence-corrected chi connectivity index (χ0v) is 12.2. The summed E-state index contributed by atoms with van der Waals surface area (Å²) in [4.78, 5) is 0. The highest BCUT2D eigenvalue weighted by molar-refractivity contribution is 7.17. The lowest BCUT2D eigenvalue weighted by Crippen LogP contribution is -1.99. The highest BCUT2D eigenvalue weighted by Gasteiger charge is 2.04. The Hall–Kier alpha value is -1.51. The van der Waals surface area contributed by atoms with Gasteiger partial charge >= 0.3 is 0 Å². The molecule has 1 aromatic heterocycles. The van der Waals surface area contributed by atoms with Crippen LogP contribution >= 0.6 is 22.9 Å². The average Bonchev–Trinajstić information content (AvgIpc) is 2.83. The van der Waals surface area contributed by atoms with Crippen LogP contribution in [0.3, 0.4) is 0 Å². The van der Waals surface area contributed by atoms with Crippen molar-refractivity contribution in [1.82, 2.24) is 0 Å². The summed E-state index contributed by atoms with van der Waals surface area (Å²) in [5.74, 6) is 0. The number of aryl methyl sites for hydroxylation is 1. The molecule has 1 heterocycles. The molecule has 3 rings (SSSR count). The molecule has 1 N–H and O–H groups in total. The number of anilines is 1. The first-order valence-electron chi connectivity index (χ1n) is 6.19. The summed E-state index contributed by atoms with van der Waals surface area (Å²) in [6, 6.07) is 14.5. The molecule has 0 bridgehead atoms. The summed E-state index contributed by atoms with van der Waals surface area (Å²) in [5.41, 5.74) is 3.53. The van der Waals surface area contributed by atoms with Crippen molar-refractivity contribution in [2.24, 2.45) is 0 Å². The van der Waals surface area contributed by atoms with E-state index in [1.165, 1.54) is 21.2 Å². The molecule has 0 aliphatic heterocycles. The van der Waals surface area contributed by atoms with Gasteiger partial charge in [0.1, 0.15) is 0 Å². The van der Waals surface area contributed by atoms with Gasteiger partial charge in [0.2, 0.25) is 0 Å². The van der Waals surface area contributed by atoms with Crippen LogP contribution in [0.5, 0.6) is 0 Å². The van der Waals surface area contributed by atoms with Crippen molar-refractivity contribution in [3.63, 3.8) is 0 Å². The minimum Gasteiger partial charge on any atom is -0.380 e. The molecular formula is C16H14ClNS. The lowest BCUT2D eigenvalue weighted by atomic mass is 10.1. The second-order valence-corrected chi connectivity index (χ2v) is 5.91. The predicted octanol–water partition coefficient (Wildman–Crippen LogP) is 5.48. The summed E-state index contributed by atoms with van der Waals surface area (Å²) in [7, 11) is 0. The molecule has 0 amide bonds. The number of hydrogen-bond acceptors (Lipinski definition) is 2. The first kappa shape index (κ1) is 12.5. The molecule has 0 unspecified atom stereocenters. The van der Waals surface area contributed by atoms with Crippen LogP contribution in [0.15, 0.2) is 47.8 Å². The van der Waals surface area contributed by atoms with Crippen LogP contribution in [-0.2, 0) is 6.54 Å². The molecule has 0 radical (unpaired) electrons. The number of thiophene rings is 1.